The van der Waals surface area contributed by atoms with Crippen LogP contribution in [0.1, 0.15) is 34.8 Å². The Kier molecular flexibility index (Phi) is 6.31. The van der Waals surface area contributed by atoms with Crippen molar-refractivity contribution >= 4 is 17.5 Å². The molecule has 0 aliphatic carbocycles. The molecule has 1 fully saturated rings. The number of methoxy groups -OCH3 is 1. The van der Waals surface area contributed by atoms with Gasteiger partial charge in [-0.25, -0.2) is 0 Å². The summed E-state index contributed by atoms with van der Waals surface area (Å²) >= 11 is 0. The lowest BCUT2D eigenvalue weighted by Crippen LogP contribution is -2.33. The van der Waals surface area contributed by atoms with E-state index < -0.39 is 0 Å². The number of hydrogen-bond acceptors (Lipinski definition) is 4. The van der Waals surface area contributed by atoms with Gasteiger partial charge in [-0.2, -0.15) is 0 Å². The fraction of sp³-hybridized carbons (Fsp3) is 0.364. The highest BCUT2D eigenvalue weighted by Gasteiger charge is 2.27. The van der Waals surface area contributed by atoms with Gasteiger partial charge in [0.05, 0.1) is 13.7 Å². The molecule has 1 unspecified atom stereocenters. The summed E-state index contributed by atoms with van der Waals surface area (Å²) < 4.78 is 5.22. The molecular formula is C22H27N3O3. The van der Waals surface area contributed by atoms with Crippen LogP contribution in [0.5, 0.6) is 5.75 Å². The van der Waals surface area contributed by atoms with Crippen molar-refractivity contribution in [2.75, 3.05) is 39.6 Å². The summed E-state index contributed by atoms with van der Waals surface area (Å²) in [7, 11) is 5.09. The van der Waals surface area contributed by atoms with Gasteiger partial charge in [0.15, 0.2) is 0 Å². The van der Waals surface area contributed by atoms with Crippen LogP contribution in [0.25, 0.3) is 0 Å². The lowest BCUT2D eigenvalue weighted by atomic mass is 10.0. The van der Waals surface area contributed by atoms with E-state index in [0.29, 0.717) is 17.8 Å². The van der Waals surface area contributed by atoms with Gasteiger partial charge < -0.3 is 15.0 Å². The Morgan fingerprint density at radius 3 is 2.39 bits per heavy atom. The van der Waals surface area contributed by atoms with Crippen molar-refractivity contribution in [1.82, 2.24) is 9.80 Å². The van der Waals surface area contributed by atoms with E-state index in [2.05, 4.69) is 22.3 Å². The molecule has 0 radical (unpaired) electrons. The van der Waals surface area contributed by atoms with E-state index in [-0.39, 0.29) is 17.9 Å². The molecule has 28 heavy (non-hydrogen) atoms. The summed E-state index contributed by atoms with van der Waals surface area (Å²) in [4.78, 5) is 28.2. The Morgan fingerprint density at radius 2 is 1.79 bits per heavy atom. The minimum atomic E-state index is -0.0581. The number of carbonyl (C=O) groups is 2. The molecule has 6 nitrogen and oxygen atoms in total. The lowest BCUT2D eigenvalue weighted by Gasteiger charge is -2.24. The third-order valence-electron chi connectivity index (χ3n) is 5.03. The SMILES string of the molecule is COc1ccc(C2CCCN2CC(=O)Nc2ccc(C(=O)N(C)C)cc2)cc1. The molecule has 1 atom stereocenters. The molecule has 0 bridgehead atoms. The molecule has 0 spiro atoms. The van der Waals surface area contributed by atoms with Gasteiger partial charge in [-0.1, -0.05) is 12.1 Å². The maximum Gasteiger partial charge on any atom is 0.253 e. The van der Waals surface area contributed by atoms with Gasteiger partial charge in [0, 0.05) is 31.4 Å². The van der Waals surface area contributed by atoms with E-state index in [1.54, 1.807) is 45.5 Å². The van der Waals surface area contributed by atoms with Crippen LogP contribution in [-0.2, 0) is 4.79 Å². The molecule has 2 aromatic rings. The predicted octanol–water partition coefficient (Wildman–Crippen LogP) is 3.17. The number of likely N-dealkylation sites (tertiary alicyclic amines) is 1. The van der Waals surface area contributed by atoms with Gasteiger partial charge in [0.25, 0.3) is 5.91 Å². The van der Waals surface area contributed by atoms with E-state index in [1.165, 1.54) is 10.5 Å². The van der Waals surface area contributed by atoms with Crippen molar-refractivity contribution in [3.8, 4) is 5.75 Å². The van der Waals surface area contributed by atoms with Crippen LogP contribution in [0.3, 0.4) is 0 Å². The number of nitrogens with zero attached hydrogens (tertiary/aromatic N) is 2. The molecule has 1 heterocycles. The quantitative estimate of drug-likeness (QED) is 0.835. The van der Waals surface area contributed by atoms with Crippen LogP contribution >= 0.6 is 0 Å². The highest BCUT2D eigenvalue weighted by atomic mass is 16.5. The Morgan fingerprint density at radius 1 is 1.11 bits per heavy atom. The van der Waals surface area contributed by atoms with Crippen LogP contribution in [0.2, 0.25) is 0 Å². The molecule has 2 amide bonds. The zero-order valence-corrected chi connectivity index (χ0v) is 16.6. The first kappa shape index (κ1) is 19.9. The monoisotopic (exact) mass is 381 g/mol. The topological polar surface area (TPSA) is 61.9 Å². The molecule has 148 valence electrons. The molecule has 0 saturated carbocycles. The average molecular weight is 381 g/mol. The Hall–Kier alpha value is -2.86. The highest BCUT2D eigenvalue weighted by molar-refractivity contribution is 5.96. The summed E-state index contributed by atoms with van der Waals surface area (Å²) in [6.45, 7) is 1.25. The molecular weight excluding hydrogens is 354 g/mol. The zero-order valence-electron chi connectivity index (χ0n) is 16.6. The summed E-state index contributed by atoms with van der Waals surface area (Å²) in [5, 5.41) is 2.93. The summed E-state index contributed by atoms with van der Waals surface area (Å²) in [5.41, 5.74) is 2.50. The average Bonchev–Trinajstić information content (AvgIpc) is 3.16. The third-order valence-corrected chi connectivity index (χ3v) is 5.03. The second kappa shape index (κ2) is 8.89. The number of anilines is 1. The van der Waals surface area contributed by atoms with Crippen molar-refractivity contribution in [3.63, 3.8) is 0 Å². The van der Waals surface area contributed by atoms with Crippen LogP contribution in [0, 0.1) is 0 Å². The zero-order chi connectivity index (χ0) is 20.1. The number of amides is 2. The Balaban J connectivity index is 1.59. The van der Waals surface area contributed by atoms with Crippen molar-refractivity contribution < 1.29 is 14.3 Å². The molecule has 0 aromatic heterocycles. The summed E-state index contributed by atoms with van der Waals surface area (Å²) in [6.07, 6.45) is 2.12. The number of carbonyl (C=O) groups excluding carboxylic acids is 2. The van der Waals surface area contributed by atoms with E-state index in [9.17, 15) is 9.59 Å². The summed E-state index contributed by atoms with van der Waals surface area (Å²) in [6, 6.07) is 15.3. The number of rotatable bonds is 6. The minimum Gasteiger partial charge on any atom is -0.497 e. The van der Waals surface area contributed by atoms with Crippen LogP contribution in [0.4, 0.5) is 5.69 Å². The standard InChI is InChI=1S/C22H27N3O3/c1-24(2)22(27)17-6-10-18(11-7-17)23-21(26)15-25-14-4-5-20(25)16-8-12-19(28-3)13-9-16/h6-13,20H,4-5,14-15H2,1-3H3,(H,23,26). The molecule has 2 aromatic carbocycles. The molecule has 1 saturated heterocycles. The molecule has 3 rings (SSSR count). The first-order chi connectivity index (χ1) is 13.5. The van der Waals surface area contributed by atoms with Crippen LogP contribution in [-0.4, -0.2) is 55.9 Å². The molecule has 1 aliphatic heterocycles. The van der Waals surface area contributed by atoms with E-state index in [4.69, 9.17) is 4.74 Å². The van der Waals surface area contributed by atoms with Gasteiger partial charge in [-0.3, -0.25) is 14.5 Å². The van der Waals surface area contributed by atoms with Gasteiger partial charge in [0.1, 0.15) is 5.75 Å². The maximum atomic E-state index is 12.5. The van der Waals surface area contributed by atoms with Crippen molar-refractivity contribution in [3.05, 3.63) is 59.7 Å². The van der Waals surface area contributed by atoms with Gasteiger partial charge in [0.2, 0.25) is 5.91 Å². The van der Waals surface area contributed by atoms with Crippen molar-refractivity contribution in [1.29, 1.82) is 0 Å². The largest absolute Gasteiger partial charge is 0.497 e. The van der Waals surface area contributed by atoms with Gasteiger partial charge >= 0.3 is 0 Å². The molecule has 1 N–H and O–H groups in total. The van der Waals surface area contributed by atoms with Gasteiger partial charge in [-0.15, -0.1) is 0 Å². The second-order valence-corrected chi connectivity index (χ2v) is 7.23. The number of hydrogen-bond donors (Lipinski definition) is 1. The number of benzene rings is 2. The Bertz CT molecular complexity index is 816. The van der Waals surface area contributed by atoms with Crippen LogP contribution in [0.15, 0.2) is 48.5 Å². The minimum absolute atomic E-state index is 0.0490. The normalized spacial score (nSPS) is 16.6. The molecule has 1 aliphatic rings. The van der Waals surface area contributed by atoms with E-state index >= 15 is 0 Å². The maximum absolute atomic E-state index is 12.5. The number of nitrogens with one attached hydrogen (secondary N) is 1. The molecule has 6 heteroatoms. The third kappa shape index (κ3) is 4.70. The highest BCUT2D eigenvalue weighted by Crippen LogP contribution is 2.32. The predicted molar refractivity (Wildman–Crippen MR) is 110 cm³/mol. The van der Waals surface area contributed by atoms with E-state index in [1.807, 2.05) is 12.1 Å². The Labute approximate surface area is 166 Å². The number of ether oxygens (including phenoxy) is 1. The van der Waals surface area contributed by atoms with Crippen LogP contribution < -0.4 is 10.1 Å². The van der Waals surface area contributed by atoms with Gasteiger partial charge in [-0.05, 0) is 61.3 Å². The smallest absolute Gasteiger partial charge is 0.253 e. The fourth-order valence-electron chi connectivity index (χ4n) is 3.56. The first-order valence-electron chi connectivity index (χ1n) is 9.47. The van der Waals surface area contributed by atoms with Crippen molar-refractivity contribution in [2.24, 2.45) is 0 Å². The first-order valence-corrected chi connectivity index (χ1v) is 9.47. The van der Waals surface area contributed by atoms with Crippen molar-refractivity contribution in [2.45, 2.75) is 18.9 Å². The fourth-order valence-corrected chi connectivity index (χ4v) is 3.56. The lowest BCUT2D eigenvalue weighted by molar-refractivity contribution is -0.117. The van der Waals surface area contributed by atoms with E-state index in [0.717, 1.165) is 25.1 Å². The summed E-state index contributed by atoms with van der Waals surface area (Å²) in [5.74, 6) is 0.728. The second-order valence-electron chi connectivity index (χ2n) is 7.23.